The van der Waals surface area contributed by atoms with Crippen molar-refractivity contribution < 1.29 is 0 Å². The summed E-state index contributed by atoms with van der Waals surface area (Å²) in [7, 11) is 0. The monoisotopic (exact) mass is 190 g/mol. The molecule has 0 spiro atoms. The Kier molecular flexibility index (Phi) is 2.12. The van der Waals surface area contributed by atoms with Crippen LogP contribution < -0.4 is 0 Å². The third-order valence-electron chi connectivity index (χ3n) is 1.66. The number of aromatic nitrogens is 1. The van der Waals surface area contributed by atoms with Gasteiger partial charge in [0.15, 0.2) is 0 Å². The van der Waals surface area contributed by atoms with Crippen LogP contribution in [0.2, 0.25) is 0 Å². The first-order valence-electron chi connectivity index (χ1n) is 3.73. The minimum atomic E-state index is 0.426. The lowest BCUT2D eigenvalue weighted by molar-refractivity contribution is 1.08. The zero-order chi connectivity index (χ0) is 9.10. The Morgan fingerprint density at radius 3 is 3.31 bits per heavy atom. The van der Waals surface area contributed by atoms with Gasteiger partial charge in [0.2, 0.25) is 0 Å². The topological polar surface area (TPSA) is 61.7 Å². The van der Waals surface area contributed by atoms with E-state index in [4.69, 9.17) is 5.53 Å². The van der Waals surface area contributed by atoms with E-state index in [1.165, 1.54) is 4.70 Å². The van der Waals surface area contributed by atoms with Crippen LogP contribution in [0.5, 0.6) is 0 Å². The van der Waals surface area contributed by atoms with Crippen LogP contribution in [-0.4, -0.2) is 4.98 Å². The third-order valence-corrected chi connectivity index (χ3v) is 2.76. The highest BCUT2D eigenvalue weighted by atomic mass is 32.1. The zero-order valence-corrected chi connectivity index (χ0v) is 7.53. The van der Waals surface area contributed by atoms with Gasteiger partial charge in [0.25, 0.3) is 0 Å². The van der Waals surface area contributed by atoms with Gasteiger partial charge in [-0.05, 0) is 17.7 Å². The predicted octanol–water partition coefficient (Wildman–Crippen LogP) is 3.11. The van der Waals surface area contributed by atoms with Crippen LogP contribution in [0.4, 0.5) is 0 Å². The van der Waals surface area contributed by atoms with Crippen LogP contribution in [0, 0.1) is 0 Å². The summed E-state index contributed by atoms with van der Waals surface area (Å²) < 4.78 is 1.18. The molecular formula is C8H6N4S. The Hall–Kier alpha value is -1.58. The predicted molar refractivity (Wildman–Crippen MR) is 52.5 cm³/mol. The first kappa shape index (κ1) is 8.04. The van der Waals surface area contributed by atoms with Crippen LogP contribution in [0.25, 0.3) is 20.5 Å². The molecule has 2 heterocycles. The lowest BCUT2D eigenvalue weighted by Crippen LogP contribution is -1.68. The molecule has 0 aromatic carbocycles. The standard InChI is InChI=1S/C8H6N4S/c9-12-11-5-7-3-6-4-10-2-1-8(6)13-7/h1-4H,5H2. The highest BCUT2D eigenvalue weighted by Gasteiger charge is 1.99. The first-order chi connectivity index (χ1) is 6.40. The Morgan fingerprint density at radius 1 is 1.62 bits per heavy atom. The van der Waals surface area contributed by atoms with Gasteiger partial charge in [0, 0.05) is 32.3 Å². The molecular weight excluding hydrogens is 184 g/mol. The molecule has 0 saturated heterocycles. The molecule has 0 aliphatic heterocycles. The van der Waals surface area contributed by atoms with E-state index in [2.05, 4.69) is 15.0 Å². The van der Waals surface area contributed by atoms with Gasteiger partial charge in [-0.25, -0.2) is 0 Å². The highest BCUT2D eigenvalue weighted by Crippen LogP contribution is 2.24. The van der Waals surface area contributed by atoms with E-state index in [1.807, 2.05) is 18.3 Å². The molecule has 0 atom stereocenters. The summed E-state index contributed by atoms with van der Waals surface area (Å²) in [6, 6.07) is 3.96. The lowest BCUT2D eigenvalue weighted by Gasteiger charge is -1.81. The number of rotatable bonds is 2. The maximum Gasteiger partial charge on any atom is 0.0605 e. The molecule has 2 aromatic heterocycles. The van der Waals surface area contributed by atoms with Crippen LogP contribution in [-0.2, 0) is 6.54 Å². The summed E-state index contributed by atoms with van der Waals surface area (Å²) in [6.07, 6.45) is 3.57. The van der Waals surface area contributed by atoms with Crippen molar-refractivity contribution in [2.75, 3.05) is 0 Å². The minimum absolute atomic E-state index is 0.426. The van der Waals surface area contributed by atoms with E-state index in [0.717, 1.165) is 10.3 Å². The number of nitrogens with zero attached hydrogens (tertiary/aromatic N) is 4. The highest BCUT2D eigenvalue weighted by molar-refractivity contribution is 7.19. The molecule has 0 saturated carbocycles. The second kappa shape index (κ2) is 3.43. The number of azide groups is 1. The van der Waals surface area contributed by atoms with Gasteiger partial charge >= 0.3 is 0 Å². The fourth-order valence-electron chi connectivity index (χ4n) is 1.12. The molecule has 0 N–H and O–H groups in total. The number of pyridine rings is 1. The minimum Gasteiger partial charge on any atom is -0.264 e. The summed E-state index contributed by atoms with van der Waals surface area (Å²) in [5.74, 6) is 0. The molecule has 0 radical (unpaired) electrons. The second-order valence-corrected chi connectivity index (χ2v) is 3.68. The number of fused-ring (bicyclic) bond motifs is 1. The zero-order valence-electron chi connectivity index (χ0n) is 6.71. The van der Waals surface area contributed by atoms with E-state index in [9.17, 15) is 0 Å². The van der Waals surface area contributed by atoms with Crippen LogP contribution >= 0.6 is 11.3 Å². The number of hydrogen-bond donors (Lipinski definition) is 0. The van der Waals surface area contributed by atoms with E-state index in [0.29, 0.717) is 6.54 Å². The molecule has 0 amide bonds. The normalized spacial score (nSPS) is 9.85. The van der Waals surface area contributed by atoms with Gasteiger partial charge < -0.3 is 0 Å². The molecule has 2 rings (SSSR count). The summed E-state index contributed by atoms with van der Waals surface area (Å²) in [5.41, 5.74) is 8.15. The van der Waals surface area contributed by atoms with Crippen LogP contribution in [0.3, 0.4) is 0 Å². The van der Waals surface area contributed by atoms with Crippen molar-refractivity contribution in [2.24, 2.45) is 5.11 Å². The van der Waals surface area contributed by atoms with Crippen molar-refractivity contribution in [3.63, 3.8) is 0 Å². The van der Waals surface area contributed by atoms with Gasteiger partial charge in [-0.15, -0.1) is 11.3 Å². The Bertz CT molecular complexity index is 437. The fourth-order valence-corrected chi connectivity index (χ4v) is 2.07. The summed E-state index contributed by atoms with van der Waals surface area (Å²) in [5, 5.41) is 4.61. The van der Waals surface area contributed by atoms with Gasteiger partial charge in [-0.2, -0.15) is 0 Å². The van der Waals surface area contributed by atoms with Crippen molar-refractivity contribution in [2.45, 2.75) is 6.54 Å². The van der Waals surface area contributed by atoms with Gasteiger partial charge in [-0.1, -0.05) is 5.11 Å². The fraction of sp³-hybridized carbons (Fsp3) is 0.125. The van der Waals surface area contributed by atoms with Crippen LogP contribution in [0.1, 0.15) is 4.88 Å². The van der Waals surface area contributed by atoms with Crippen molar-refractivity contribution >= 4 is 21.4 Å². The number of thiophene rings is 1. The Labute approximate surface area is 78.5 Å². The summed E-state index contributed by atoms with van der Waals surface area (Å²) in [4.78, 5) is 7.80. The molecule has 0 aliphatic rings. The second-order valence-electron chi connectivity index (χ2n) is 2.52. The van der Waals surface area contributed by atoms with Crippen molar-refractivity contribution in [3.05, 3.63) is 39.8 Å². The first-order valence-corrected chi connectivity index (χ1v) is 4.55. The molecule has 2 aromatic rings. The molecule has 4 nitrogen and oxygen atoms in total. The van der Waals surface area contributed by atoms with E-state index >= 15 is 0 Å². The largest absolute Gasteiger partial charge is 0.264 e. The Balaban J connectivity index is 2.43. The van der Waals surface area contributed by atoms with Crippen molar-refractivity contribution in [3.8, 4) is 0 Å². The molecule has 0 bridgehead atoms. The quantitative estimate of drug-likeness (QED) is 0.407. The Morgan fingerprint density at radius 2 is 2.54 bits per heavy atom. The molecule has 5 heteroatoms. The van der Waals surface area contributed by atoms with Gasteiger partial charge in [-0.3, -0.25) is 4.98 Å². The van der Waals surface area contributed by atoms with E-state index in [-0.39, 0.29) is 0 Å². The maximum absolute atomic E-state index is 8.15. The average molecular weight is 190 g/mol. The summed E-state index contributed by atoms with van der Waals surface area (Å²) in [6.45, 7) is 0.426. The molecule has 13 heavy (non-hydrogen) atoms. The number of hydrogen-bond acceptors (Lipinski definition) is 3. The average Bonchev–Trinajstić information content (AvgIpc) is 2.57. The molecule has 0 aliphatic carbocycles. The molecule has 0 unspecified atom stereocenters. The lowest BCUT2D eigenvalue weighted by atomic mass is 10.3. The SMILES string of the molecule is [N-]=[N+]=NCc1cc2cnccc2s1. The van der Waals surface area contributed by atoms with Gasteiger partial charge in [0.1, 0.15) is 0 Å². The molecule has 0 fully saturated rings. The smallest absolute Gasteiger partial charge is 0.0605 e. The third kappa shape index (κ3) is 1.61. The van der Waals surface area contributed by atoms with Crippen LogP contribution in [0.15, 0.2) is 29.6 Å². The maximum atomic E-state index is 8.15. The van der Waals surface area contributed by atoms with E-state index in [1.54, 1.807) is 17.5 Å². The summed E-state index contributed by atoms with van der Waals surface area (Å²) >= 11 is 1.63. The van der Waals surface area contributed by atoms with Crippen molar-refractivity contribution in [1.29, 1.82) is 0 Å². The van der Waals surface area contributed by atoms with E-state index < -0.39 is 0 Å². The molecule has 64 valence electrons. The van der Waals surface area contributed by atoms with Crippen molar-refractivity contribution in [1.82, 2.24) is 4.98 Å². The van der Waals surface area contributed by atoms with Gasteiger partial charge in [0.05, 0.1) is 6.54 Å².